The summed E-state index contributed by atoms with van der Waals surface area (Å²) in [5, 5.41) is 19.1. The third-order valence-electron chi connectivity index (χ3n) is 8.44. The number of ether oxygens (including phenoxy) is 2. The average Bonchev–Trinajstić information content (AvgIpc) is 3.32. The fourth-order valence-corrected chi connectivity index (χ4v) is 5.97. The van der Waals surface area contributed by atoms with Crippen LogP contribution >= 0.6 is 0 Å². The first-order valence-corrected chi connectivity index (χ1v) is 13.8. The summed E-state index contributed by atoms with van der Waals surface area (Å²) in [4.78, 5) is 32.9. The topological polar surface area (TPSA) is 140 Å². The number of aliphatic hydroxyl groups is 1. The number of hydrogen-bond donors (Lipinski definition) is 2. The number of amides is 1. The van der Waals surface area contributed by atoms with E-state index < -0.39 is 6.61 Å². The van der Waals surface area contributed by atoms with E-state index in [1.807, 2.05) is 18.2 Å². The van der Waals surface area contributed by atoms with E-state index in [1.54, 1.807) is 17.0 Å². The van der Waals surface area contributed by atoms with E-state index in [1.165, 1.54) is 6.33 Å². The number of hydrogen-bond acceptors (Lipinski definition) is 9. The summed E-state index contributed by atoms with van der Waals surface area (Å²) in [7, 11) is 0. The summed E-state index contributed by atoms with van der Waals surface area (Å²) in [5.41, 5.74) is 5.06. The molecule has 2 N–H and O–H groups in total. The van der Waals surface area contributed by atoms with Gasteiger partial charge < -0.3 is 29.4 Å². The van der Waals surface area contributed by atoms with Crippen LogP contribution in [-0.4, -0.2) is 88.0 Å². The van der Waals surface area contributed by atoms with Gasteiger partial charge >= 0.3 is 0 Å². The van der Waals surface area contributed by atoms with Crippen LogP contribution < -0.4 is 9.64 Å². The van der Waals surface area contributed by atoms with E-state index >= 15 is 0 Å². The van der Waals surface area contributed by atoms with E-state index in [0.717, 1.165) is 56.0 Å². The smallest absolute Gasteiger partial charge is 0.248 e. The Morgan fingerprint density at radius 2 is 1.95 bits per heavy atom. The zero-order valence-corrected chi connectivity index (χ0v) is 22.4. The first kappa shape index (κ1) is 25.4. The molecule has 208 valence electrons. The van der Waals surface area contributed by atoms with Crippen molar-refractivity contribution in [1.29, 1.82) is 5.26 Å². The number of aromatic nitrogens is 4. The highest BCUT2D eigenvalue weighted by atomic mass is 16.5. The van der Waals surface area contributed by atoms with Gasteiger partial charge in [-0.15, -0.1) is 0 Å². The summed E-state index contributed by atoms with van der Waals surface area (Å²) in [6.45, 7) is 3.96. The molecule has 0 bridgehead atoms. The van der Waals surface area contributed by atoms with E-state index in [0.29, 0.717) is 47.1 Å². The van der Waals surface area contributed by atoms with E-state index in [9.17, 15) is 15.2 Å². The van der Waals surface area contributed by atoms with Crippen LogP contribution in [0.25, 0.3) is 33.8 Å². The molecule has 1 aliphatic carbocycles. The number of morpholine rings is 1. The van der Waals surface area contributed by atoms with Crippen LogP contribution in [0.5, 0.6) is 5.75 Å². The summed E-state index contributed by atoms with van der Waals surface area (Å²) in [6, 6.07) is 16.0. The fraction of sp³-hybridized carbons (Fsp3) is 0.367. The van der Waals surface area contributed by atoms with Gasteiger partial charge in [0.05, 0.1) is 24.5 Å². The minimum absolute atomic E-state index is 0.0625. The number of H-pyrrole nitrogens is 1. The molecular weight excluding hydrogens is 522 g/mol. The third-order valence-corrected chi connectivity index (χ3v) is 8.44. The van der Waals surface area contributed by atoms with Gasteiger partial charge in [-0.05, 0) is 55.3 Å². The van der Waals surface area contributed by atoms with Crippen LogP contribution in [0.3, 0.4) is 0 Å². The Morgan fingerprint density at radius 3 is 2.73 bits per heavy atom. The lowest BCUT2D eigenvalue weighted by molar-refractivity contribution is -0.133. The number of anilines is 1. The predicted molar refractivity (Wildman–Crippen MR) is 150 cm³/mol. The van der Waals surface area contributed by atoms with E-state index in [4.69, 9.17) is 14.5 Å². The van der Waals surface area contributed by atoms with Crippen molar-refractivity contribution in [3.05, 3.63) is 54.4 Å². The number of nitrogens with zero attached hydrogens (tertiary/aromatic N) is 6. The highest BCUT2D eigenvalue weighted by Crippen LogP contribution is 2.55. The van der Waals surface area contributed by atoms with E-state index in [-0.39, 0.29) is 17.4 Å². The number of carbonyl (C=O) groups is 1. The van der Waals surface area contributed by atoms with Crippen molar-refractivity contribution in [1.82, 2.24) is 24.8 Å². The lowest BCUT2D eigenvalue weighted by atomic mass is 10.1. The standard InChI is InChI=1S/C30H29N7O4/c31-15-21-13-20(3-6-23(21)41-24-14-30(24)7-8-37(17-30)25(39)16-38)26-27-29(33-18-32-26)35-28(34-27)19-1-4-22(5-2-19)36-9-11-40-12-10-36/h1-6,13,18,24,38H,7-12,14,16-17H2,(H,32,33,34,35). The molecule has 1 spiro atoms. The Kier molecular flexibility index (Phi) is 6.29. The fourth-order valence-electron chi connectivity index (χ4n) is 5.97. The third kappa shape index (κ3) is 4.65. The highest BCUT2D eigenvalue weighted by Gasteiger charge is 2.60. The number of rotatable bonds is 6. The molecule has 2 aromatic heterocycles. The zero-order chi connectivity index (χ0) is 28.0. The van der Waals surface area contributed by atoms with Crippen LogP contribution in [0.15, 0.2) is 48.8 Å². The second-order valence-corrected chi connectivity index (χ2v) is 10.9. The van der Waals surface area contributed by atoms with Crippen LogP contribution in [-0.2, 0) is 9.53 Å². The van der Waals surface area contributed by atoms with Crippen molar-refractivity contribution in [2.24, 2.45) is 5.41 Å². The molecule has 2 atom stereocenters. The van der Waals surface area contributed by atoms with Gasteiger partial charge in [-0.1, -0.05) is 0 Å². The van der Waals surface area contributed by atoms with Crippen LogP contribution in [0.1, 0.15) is 18.4 Å². The molecule has 11 nitrogen and oxygen atoms in total. The lowest BCUT2D eigenvalue weighted by Crippen LogP contribution is -2.36. The average molecular weight is 552 g/mol. The number of aromatic amines is 1. The Bertz CT molecular complexity index is 1660. The van der Waals surface area contributed by atoms with Crippen LogP contribution in [0.2, 0.25) is 0 Å². The Morgan fingerprint density at radius 1 is 1.15 bits per heavy atom. The number of aliphatic hydroxyl groups excluding tert-OH is 1. The summed E-state index contributed by atoms with van der Waals surface area (Å²) in [6.07, 6.45) is 3.08. The van der Waals surface area contributed by atoms with Crippen LogP contribution in [0.4, 0.5) is 5.69 Å². The molecule has 2 saturated heterocycles. The quantitative estimate of drug-likeness (QED) is 0.370. The van der Waals surface area contributed by atoms with Crippen LogP contribution in [0, 0.1) is 16.7 Å². The summed E-state index contributed by atoms with van der Waals surface area (Å²) in [5.74, 6) is 0.957. The molecule has 7 rings (SSSR count). The minimum Gasteiger partial charge on any atom is -0.488 e. The molecule has 2 unspecified atom stereocenters. The van der Waals surface area contributed by atoms with Crippen molar-refractivity contribution in [2.75, 3.05) is 50.9 Å². The normalized spacial score (nSPS) is 21.8. The molecule has 1 saturated carbocycles. The summed E-state index contributed by atoms with van der Waals surface area (Å²) < 4.78 is 11.7. The Labute approximate surface area is 236 Å². The summed E-state index contributed by atoms with van der Waals surface area (Å²) >= 11 is 0. The molecule has 4 heterocycles. The van der Waals surface area contributed by atoms with Gasteiger partial charge in [0.2, 0.25) is 5.91 Å². The zero-order valence-electron chi connectivity index (χ0n) is 22.4. The second kappa shape index (κ2) is 10.1. The predicted octanol–water partition coefficient (Wildman–Crippen LogP) is 2.76. The molecule has 0 radical (unpaired) electrons. The first-order valence-electron chi connectivity index (χ1n) is 13.8. The van der Waals surface area contributed by atoms with Gasteiger partial charge in [0.15, 0.2) is 5.65 Å². The van der Waals surface area contributed by atoms with Gasteiger partial charge in [-0.2, -0.15) is 5.26 Å². The molecule has 2 aromatic carbocycles. The number of nitrogens with one attached hydrogen (secondary N) is 1. The number of carbonyl (C=O) groups excluding carboxylic acids is 1. The monoisotopic (exact) mass is 551 g/mol. The van der Waals surface area contributed by atoms with Crippen molar-refractivity contribution in [2.45, 2.75) is 18.9 Å². The SMILES string of the molecule is N#Cc1cc(-c2ncnc3nc(-c4ccc(N5CCOCC5)cc4)[nH]c23)ccc1OC1CC12CCN(C(=O)CO)C2. The molecule has 41 heavy (non-hydrogen) atoms. The molecule has 3 fully saturated rings. The van der Waals surface area contributed by atoms with Gasteiger partial charge in [-0.25, -0.2) is 15.0 Å². The number of fused-ring (bicyclic) bond motifs is 1. The second-order valence-electron chi connectivity index (χ2n) is 10.9. The molecule has 11 heteroatoms. The molecule has 1 amide bonds. The van der Waals surface area contributed by atoms with E-state index in [2.05, 4.69) is 38.1 Å². The number of nitriles is 1. The van der Waals surface area contributed by atoms with Crippen molar-refractivity contribution in [3.8, 4) is 34.5 Å². The maximum absolute atomic E-state index is 11.9. The molecule has 2 aliphatic heterocycles. The lowest BCUT2D eigenvalue weighted by Gasteiger charge is -2.28. The van der Waals surface area contributed by atoms with Crippen molar-refractivity contribution < 1.29 is 19.4 Å². The molecule has 3 aliphatic rings. The van der Waals surface area contributed by atoms with Crippen molar-refractivity contribution in [3.63, 3.8) is 0 Å². The van der Waals surface area contributed by atoms with Crippen molar-refractivity contribution >= 4 is 22.8 Å². The van der Waals surface area contributed by atoms with Gasteiger partial charge in [-0.3, -0.25) is 4.79 Å². The maximum Gasteiger partial charge on any atom is 0.248 e. The maximum atomic E-state index is 11.9. The largest absolute Gasteiger partial charge is 0.488 e. The number of imidazole rings is 1. The Balaban J connectivity index is 1.12. The van der Waals surface area contributed by atoms with Gasteiger partial charge in [0.25, 0.3) is 0 Å². The minimum atomic E-state index is -0.475. The Hall–Kier alpha value is -4.53. The molecular formula is C30H29N7O4. The molecule has 4 aromatic rings. The number of benzene rings is 2. The van der Waals surface area contributed by atoms with Gasteiger partial charge in [0.1, 0.15) is 42.2 Å². The highest BCUT2D eigenvalue weighted by molar-refractivity contribution is 5.89. The van der Waals surface area contributed by atoms with Gasteiger partial charge in [0, 0.05) is 48.4 Å². The first-order chi connectivity index (χ1) is 20.1. The number of likely N-dealkylation sites (tertiary alicyclic amines) is 1.